The molecule has 29 heavy (non-hydrogen) atoms. The number of nitrogens with zero attached hydrogens (tertiary/aromatic N) is 3. The largest absolute Gasteiger partial charge is 0.369 e. The molecule has 0 aromatic heterocycles. The number of piperazine rings is 1. The molecule has 0 spiro atoms. The van der Waals surface area contributed by atoms with Gasteiger partial charge in [-0.05, 0) is 71.7 Å². The number of halogens is 2. The summed E-state index contributed by atoms with van der Waals surface area (Å²) in [5, 5.41) is 0. The van der Waals surface area contributed by atoms with Gasteiger partial charge in [-0.1, -0.05) is 12.1 Å². The third-order valence-electron chi connectivity index (χ3n) is 5.76. The van der Waals surface area contributed by atoms with E-state index in [0.29, 0.717) is 5.91 Å². The van der Waals surface area contributed by atoms with Gasteiger partial charge in [-0.2, -0.15) is 0 Å². The smallest absolute Gasteiger partial charge is 0.239 e. The van der Waals surface area contributed by atoms with Gasteiger partial charge < -0.3 is 9.80 Å². The Balaban J connectivity index is 0.00000210. The van der Waals surface area contributed by atoms with Crippen molar-refractivity contribution in [3.63, 3.8) is 0 Å². The average molecular weight is 463 g/mol. The van der Waals surface area contributed by atoms with Gasteiger partial charge >= 0.3 is 0 Å². The van der Waals surface area contributed by atoms with E-state index < -0.39 is 0 Å². The fraction of sp³-hybridized carbons (Fsp3) is 0.682. The zero-order valence-electron chi connectivity index (χ0n) is 18.4. The molecule has 2 heterocycles. The number of benzene rings is 1. The van der Waals surface area contributed by atoms with Crippen molar-refractivity contribution in [2.45, 2.75) is 57.1 Å². The second-order valence-electron chi connectivity index (χ2n) is 8.89. The summed E-state index contributed by atoms with van der Waals surface area (Å²) in [6, 6.07) is 8.81. The van der Waals surface area contributed by atoms with Crippen molar-refractivity contribution in [3.8, 4) is 0 Å². The standard InChI is InChI=1S/C22H35N3OS.2ClH/c1-18-9-8-10-19(17-18)24-15-13-23(14-16-24)11-6-7-12-25-20(26)21(2,3)27-22(25,4)5;;/h8-10,17H,6-7,11-16H2,1-5H3;2*1H. The zero-order valence-corrected chi connectivity index (χ0v) is 20.9. The Bertz CT molecular complexity index is 676. The van der Waals surface area contributed by atoms with Crippen LogP contribution in [-0.2, 0) is 4.79 Å². The van der Waals surface area contributed by atoms with Gasteiger partial charge in [-0.15, -0.1) is 36.6 Å². The van der Waals surface area contributed by atoms with E-state index in [4.69, 9.17) is 0 Å². The lowest BCUT2D eigenvalue weighted by Gasteiger charge is -2.36. The molecule has 2 fully saturated rings. The van der Waals surface area contributed by atoms with Crippen molar-refractivity contribution >= 4 is 48.2 Å². The van der Waals surface area contributed by atoms with E-state index in [9.17, 15) is 4.79 Å². The lowest BCUT2D eigenvalue weighted by Crippen LogP contribution is -2.47. The van der Waals surface area contributed by atoms with Crippen LogP contribution in [-0.4, -0.2) is 64.6 Å². The Kier molecular flexibility index (Phi) is 9.66. The highest BCUT2D eigenvalue weighted by Crippen LogP contribution is 2.47. The summed E-state index contributed by atoms with van der Waals surface area (Å²) in [4.78, 5) is 19.7. The molecule has 1 aromatic rings. The van der Waals surface area contributed by atoms with Crippen LogP contribution < -0.4 is 4.90 Å². The molecule has 0 radical (unpaired) electrons. The van der Waals surface area contributed by atoms with Crippen LogP contribution in [0.2, 0.25) is 0 Å². The minimum Gasteiger partial charge on any atom is -0.369 e. The minimum atomic E-state index is -0.282. The number of hydrogen-bond acceptors (Lipinski definition) is 4. The van der Waals surface area contributed by atoms with E-state index in [1.807, 2.05) is 0 Å². The molecule has 3 rings (SSSR count). The van der Waals surface area contributed by atoms with E-state index in [-0.39, 0.29) is 34.4 Å². The molecule has 0 atom stereocenters. The fourth-order valence-electron chi connectivity index (χ4n) is 4.32. The highest BCUT2D eigenvalue weighted by atomic mass is 35.5. The number of unbranched alkanes of at least 4 members (excludes halogenated alkanes) is 1. The van der Waals surface area contributed by atoms with Crippen molar-refractivity contribution in [2.24, 2.45) is 0 Å². The molecule has 0 aliphatic carbocycles. The van der Waals surface area contributed by atoms with Crippen molar-refractivity contribution < 1.29 is 4.79 Å². The SMILES string of the molecule is Cc1cccc(N2CCN(CCCCN3C(=O)C(C)(C)SC3(C)C)CC2)c1.Cl.Cl. The molecule has 0 saturated carbocycles. The number of amides is 1. The molecule has 0 N–H and O–H groups in total. The first kappa shape index (κ1) is 26.4. The monoisotopic (exact) mass is 461 g/mol. The van der Waals surface area contributed by atoms with Gasteiger partial charge in [0.25, 0.3) is 0 Å². The first-order chi connectivity index (χ1) is 12.7. The van der Waals surface area contributed by atoms with Crippen LogP contribution in [0.25, 0.3) is 0 Å². The Labute approximate surface area is 193 Å². The number of carbonyl (C=O) groups is 1. The Morgan fingerprint density at radius 3 is 2.14 bits per heavy atom. The summed E-state index contributed by atoms with van der Waals surface area (Å²) in [7, 11) is 0. The summed E-state index contributed by atoms with van der Waals surface area (Å²) >= 11 is 1.79. The van der Waals surface area contributed by atoms with Crippen LogP contribution in [0.5, 0.6) is 0 Å². The maximum atomic E-state index is 12.6. The van der Waals surface area contributed by atoms with Crippen LogP contribution in [0.1, 0.15) is 46.1 Å². The highest BCUT2D eigenvalue weighted by molar-refractivity contribution is 8.03. The molecule has 1 aromatic carbocycles. The molecule has 2 aliphatic rings. The average Bonchev–Trinajstić information content (AvgIpc) is 2.76. The minimum absolute atomic E-state index is 0. The second-order valence-corrected chi connectivity index (χ2v) is 11.1. The van der Waals surface area contributed by atoms with Crippen molar-refractivity contribution in [1.29, 1.82) is 0 Å². The molecule has 2 saturated heterocycles. The van der Waals surface area contributed by atoms with E-state index in [1.54, 1.807) is 11.8 Å². The number of thioether (sulfide) groups is 1. The molecule has 7 heteroatoms. The summed E-state index contributed by atoms with van der Waals surface area (Å²) < 4.78 is -0.282. The molecular formula is C22H37Cl2N3OS. The Morgan fingerprint density at radius 1 is 0.966 bits per heavy atom. The summed E-state index contributed by atoms with van der Waals surface area (Å²) in [6.07, 6.45) is 2.25. The van der Waals surface area contributed by atoms with Crippen molar-refractivity contribution in [2.75, 3.05) is 44.2 Å². The maximum absolute atomic E-state index is 12.6. The maximum Gasteiger partial charge on any atom is 0.239 e. The van der Waals surface area contributed by atoms with Gasteiger partial charge in [0, 0.05) is 38.4 Å². The molecule has 4 nitrogen and oxygen atoms in total. The second kappa shape index (κ2) is 10.6. The quantitative estimate of drug-likeness (QED) is 0.566. The van der Waals surface area contributed by atoms with Crippen LogP contribution in [0.4, 0.5) is 5.69 Å². The van der Waals surface area contributed by atoms with E-state index in [1.165, 1.54) is 11.3 Å². The zero-order chi connectivity index (χ0) is 19.7. The van der Waals surface area contributed by atoms with Gasteiger partial charge in [-0.25, -0.2) is 0 Å². The van der Waals surface area contributed by atoms with Crippen LogP contribution in [0.3, 0.4) is 0 Å². The van der Waals surface area contributed by atoms with Crippen LogP contribution in [0.15, 0.2) is 24.3 Å². The van der Waals surface area contributed by atoms with E-state index in [0.717, 1.165) is 52.1 Å². The molecule has 166 valence electrons. The van der Waals surface area contributed by atoms with Crippen molar-refractivity contribution in [3.05, 3.63) is 29.8 Å². The summed E-state index contributed by atoms with van der Waals surface area (Å²) in [6.45, 7) is 17.1. The predicted molar refractivity (Wildman–Crippen MR) is 131 cm³/mol. The number of aryl methyl sites for hydroxylation is 1. The number of rotatable bonds is 6. The van der Waals surface area contributed by atoms with Gasteiger partial charge in [0.1, 0.15) is 0 Å². The lowest BCUT2D eigenvalue weighted by atomic mass is 10.1. The summed E-state index contributed by atoms with van der Waals surface area (Å²) in [5.74, 6) is 0.296. The van der Waals surface area contributed by atoms with Crippen LogP contribution in [0, 0.1) is 6.92 Å². The van der Waals surface area contributed by atoms with Crippen molar-refractivity contribution in [1.82, 2.24) is 9.80 Å². The normalized spacial score (nSPS) is 20.9. The molecule has 0 bridgehead atoms. The molecule has 0 unspecified atom stereocenters. The molecule has 2 aliphatic heterocycles. The Morgan fingerprint density at radius 2 is 1.59 bits per heavy atom. The topological polar surface area (TPSA) is 26.8 Å². The van der Waals surface area contributed by atoms with E-state index >= 15 is 0 Å². The first-order valence-corrected chi connectivity index (χ1v) is 11.1. The third kappa shape index (κ3) is 6.43. The van der Waals surface area contributed by atoms with Gasteiger partial charge in [0.2, 0.25) is 5.91 Å². The fourth-order valence-corrected chi connectivity index (χ4v) is 6.05. The van der Waals surface area contributed by atoms with E-state index in [2.05, 4.69) is 73.6 Å². The number of carbonyl (C=O) groups excluding carboxylic acids is 1. The number of anilines is 1. The third-order valence-corrected chi connectivity index (χ3v) is 7.17. The van der Waals surface area contributed by atoms with Gasteiger partial charge in [0.05, 0.1) is 9.62 Å². The molecular weight excluding hydrogens is 425 g/mol. The Hall–Kier alpha value is -0.620. The highest BCUT2D eigenvalue weighted by Gasteiger charge is 2.50. The first-order valence-electron chi connectivity index (χ1n) is 10.3. The van der Waals surface area contributed by atoms with Gasteiger partial charge in [-0.3, -0.25) is 9.69 Å². The van der Waals surface area contributed by atoms with Crippen LogP contribution >= 0.6 is 36.6 Å². The molecule has 1 amide bonds. The summed E-state index contributed by atoms with van der Waals surface area (Å²) in [5.41, 5.74) is 2.68. The lowest BCUT2D eigenvalue weighted by molar-refractivity contribution is -0.133. The number of hydrogen-bond donors (Lipinski definition) is 0. The predicted octanol–water partition coefficient (Wildman–Crippen LogP) is 4.83. The van der Waals surface area contributed by atoms with Gasteiger partial charge in [0.15, 0.2) is 0 Å².